The Balaban J connectivity index is 1.53. The monoisotopic (exact) mass is 655 g/mol. The molecule has 2 aromatic rings. The van der Waals surface area contributed by atoms with Crippen molar-refractivity contribution >= 4 is 29.3 Å². The predicted molar refractivity (Wildman–Crippen MR) is 176 cm³/mol. The van der Waals surface area contributed by atoms with Gasteiger partial charge in [-0.15, -0.1) is 0 Å². The second-order valence-corrected chi connectivity index (χ2v) is 13.0. The smallest absolute Gasteiger partial charge is 0.270 e. The number of methoxy groups -OCH3 is 1. The Morgan fingerprint density at radius 2 is 1.68 bits per heavy atom. The Morgan fingerprint density at radius 3 is 2.30 bits per heavy atom. The molecule has 258 valence electrons. The van der Waals surface area contributed by atoms with Crippen molar-refractivity contribution in [1.29, 1.82) is 0 Å². The Bertz CT molecular complexity index is 1400. The van der Waals surface area contributed by atoms with Gasteiger partial charge in [-0.2, -0.15) is 5.10 Å². The van der Waals surface area contributed by atoms with Gasteiger partial charge in [0.2, 0.25) is 17.7 Å². The van der Waals surface area contributed by atoms with E-state index in [1.165, 1.54) is 19.2 Å². The summed E-state index contributed by atoms with van der Waals surface area (Å²) in [5.41, 5.74) is 0.802. The van der Waals surface area contributed by atoms with Crippen LogP contribution in [-0.4, -0.2) is 102 Å². The van der Waals surface area contributed by atoms with Crippen molar-refractivity contribution in [2.75, 3.05) is 45.7 Å². The van der Waals surface area contributed by atoms with Crippen LogP contribution in [0.3, 0.4) is 0 Å². The molecule has 0 radical (unpaired) electrons. The van der Waals surface area contributed by atoms with Crippen LogP contribution < -0.4 is 16.0 Å². The normalized spacial score (nSPS) is 21.3. The van der Waals surface area contributed by atoms with Crippen molar-refractivity contribution in [3.8, 4) is 0 Å². The number of halogens is 1. The molecule has 0 spiro atoms. The molecule has 12 nitrogen and oxygen atoms in total. The molecule has 1 aromatic heterocycles. The molecular weight excluding hydrogens is 605 g/mol. The second kappa shape index (κ2) is 16.3. The van der Waals surface area contributed by atoms with Crippen LogP contribution in [0, 0.1) is 17.7 Å². The lowest BCUT2D eigenvalue weighted by Gasteiger charge is -2.36. The van der Waals surface area contributed by atoms with E-state index in [9.17, 15) is 19.2 Å². The van der Waals surface area contributed by atoms with Gasteiger partial charge < -0.3 is 30.5 Å². The van der Waals surface area contributed by atoms with Crippen LogP contribution in [0.1, 0.15) is 75.3 Å². The number of carbonyl (C=O) groups excluding carboxylic acids is 4. The number of ether oxygens (including phenoxy) is 1. The molecule has 1 aromatic carbocycles. The molecule has 4 amide bonds. The maximum absolute atomic E-state index is 15.7. The van der Waals surface area contributed by atoms with E-state index in [1.807, 2.05) is 14.0 Å². The standard InChI is InChI=1S/C34H50FN7O5/c1-7-42-28(14-15-36-42)32(44)39-30(24-10-8-21(2)9-11-24)33(45)37-27-13-12-25(20-26(27)35)22(3)29(38-31(43)23(4)47-6)34(46)41-18-16-40(5)17-19-41/h12-15,20-24,29-30H,7-11,16-19H2,1-6H3,(H,37,45)(H,38,43)(H,39,44)/t21-,22-,23-,24-,29+,30-/m0/s1. The van der Waals surface area contributed by atoms with Gasteiger partial charge in [-0.3, -0.25) is 23.9 Å². The fraction of sp³-hybridized carbons (Fsp3) is 0.618. The largest absolute Gasteiger partial charge is 0.372 e. The molecule has 1 saturated carbocycles. The first-order valence-electron chi connectivity index (χ1n) is 16.7. The topological polar surface area (TPSA) is 138 Å². The molecule has 2 fully saturated rings. The average molecular weight is 656 g/mol. The number of piperazine rings is 1. The Morgan fingerprint density at radius 1 is 1.00 bits per heavy atom. The van der Waals surface area contributed by atoms with Crippen LogP contribution in [0.25, 0.3) is 0 Å². The fourth-order valence-corrected chi connectivity index (χ4v) is 6.33. The molecule has 0 bridgehead atoms. The summed E-state index contributed by atoms with van der Waals surface area (Å²) in [6.45, 7) is 10.4. The Kier molecular flexibility index (Phi) is 12.5. The third-order valence-electron chi connectivity index (χ3n) is 9.73. The third kappa shape index (κ3) is 8.95. The van der Waals surface area contributed by atoms with Gasteiger partial charge in [-0.05, 0) is 69.3 Å². The summed E-state index contributed by atoms with van der Waals surface area (Å²) < 4.78 is 22.4. The number of benzene rings is 1. The fourth-order valence-electron chi connectivity index (χ4n) is 6.33. The first kappa shape index (κ1) is 36.0. The minimum absolute atomic E-state index is 0.0352. The van der Waals surface area contributed by atoms with E-state index in [2.05, 4.69) is 32.9 Å². The van der Waals surface area contributed by atoms with Gasteiger partial charge in [-0.25, -0.2) is 4.39 Å². The van der Waals surface area contributed by atoms with Crippen LogP contribution in [0.15, 0.2) is 30.5 Å². The van der Waals surface area contributed by atoms with Gasteiger partial charge in [0.15, 0.2) is 0 Å². The van der Waals surface area contributed by atoms with Crippen LogP contribution in [0.2, 0.25) is 0 Å². The molecule has 1 saturated heterocycles. The number of hydrogen-bond donors (Lipinski definition) is 3. The van der Waals surface area contributed by atoms with Crippen LogP contribution in [0.5, 0.6) is 0 Å². The summed E-state index contributed by atoms with van der Waals surface area (Å²) in [5.74, 6) is -2.43. The maximum Gasteiger partial charge on any atom is 0.270 e. The summed E-state index contributed by atoms with van der Waals surface area (Å²) in [6, 6.07) is 4.19. The van der Waals surface area contributed by atoms with Crippen molar-refractivity contribution in [2.45, 2.75) is 84.0 Å². The van der Waals surface area contributed by atoms with Crippen molar-refractivity contribution in [1.82, 2.24) is 30.2 Å². The highest BCUT2D eigenvalue weighted by Crippen LogP contribution is 2.32. The number of rotatable bonds is 12. The summed E-state index contributed by atoms with van der Waals surface area (Å²) in [7, 11) is 3.40. The van der Waals surface area contributed by atoms with E-state index in [4.69, 9.17) is 4.74 Å². The summed E-state index contributed by atoms with van der Waals surface area (Å²) in [4.78, 5) is 57.3. The zero-order chi connectivity index (χ0) is 34.2. The molecule has 1 aliphatic heterocycles. The van der Waals surface area contributed by atoms with Gasteiger partial charge >= 0.3 is 0 Å². The van der Waals surface area contributed by atoms with Crippen molar-refractivity contribution in [3.05, 3.63) is 47.5 Å². The van der Waals surface area contributed by atoms with E-state index < -0.39 is 47.6 Å². The molecule has 1 aliphatic carbocycles. The summed E-state index contributed by atoms with van der Waals surface area (Å²) in [6.07, 6.45) is 4.17. The van der Waals surface area contributed by atoms with Gasteiger partial charge in [0.25, 0.3) is 5.91 Å². The Labute approximate surface area is 276 Å². The highest BCUT2D eigenvalue weighted by molar-refractivity contribution is 6.00. The summed E-state index contributed by atoms with van der Waals surface area (Å²) >= 11 is 0. The minimum atomic E-state index is -0.951. The molecule has 47 heavy (non-hydrogen) atoms. The minimum Gasteiger partial charge on any atom is -0.372 e. The van der Waals surface area contributed by atoms with Crippen molar-refractivity contribution in [2.24, 2.45) is 11.8 Å². The first-order chi connectivity index (χ1) is 22.4. The highest BCUT2D eigenvalue weighted by Gasteiger charge is 2.36. The Hall–Kier alpha value is -3.84. The predicted octanol–water partition coefficient (Wildman–Crippen LogP) is 3.00. The van der Waals surface area contributed by atoms with E-state index in [-0.39, 0.29) is 17.5 Å². The number of carbonyl (C=O) groups is 4. The average Bonchev–Trinajstić information content (AvgIpc) is 3.56. The number of anilines is 1. The maximum atomic E-state index is 15.7. The third-order valence-corrected chi connectivity index (χ3v) is 9.73. The van der Waals surface area contributed by atoms with E-state index >= 15 is 4.39 Å². The molecule has 4 rings (SSSR count). The molecule has 2 heterocycles. The SMILES string of the molecule is CCn1nccc1C(=O)N[C@H](C(=O)Nc1ccc([C@H](C)[C@@H](NC(=O)[C@H](C)OC)C(=O)N2CCN(C)CC2)cc1F)[C@H]1CC[C@H](C)CC1. The molecule has 3 N–H and O–H groups in total. The number of aryl methyl sites for hydroxylation is 1. The lowest BCUT2D eigenvalue weighted by atomic mass is 9.79. The quantitative estimate of drug-likeness (QED) is 0.320. The zero-order valence-electron chi connectivity index (χ0n) is 28.4. The van der Waals surface area contributed by atoms with Gasteiger partial charge in [-0.1, -0.05) is 32.8 Å². The number of aromatic nitrogens is 2. The van der Waals surface area contributed by atoms with E-state index in [0.717, 1.165) is 25.7 Å². The lowest BCUT2D eigenvalue weighted by Crippen LogP contribution is -2.56. The molecule has 0 unspecified atom stereocenters. The van der Waals surface area contributed by atoms with Crippen LogP contribution in [-0.2, 0) is 25.7 Å². The molecular formula is C34H50FN7O5. The van der Waals surface area contributed by atoms with Crippen molar-refractivity contribution < 1.29 is 28.3 Å². The second-order valence-electron chi connectivity index (χ2n) is 13.0. The number of amides is 4. The zero-order valence-corrected chi connectivity index (χ0v) is 28.4. The number of nitrogens with zero attached hydrogens (tertiary/aromatic N) is 4. The molecule has 4 atom stereocenters. The number of hydrogen-bond acceptors (Lipinski definition) is 7. The number of nitrogens with one attached hydrogen (secondary N) is 3. The molecule has 13 heteroatoms. The highest BCUT2D eigenvalue weighted by atomic mass is 19.1. The lowest BCUT2D eigenvalue weighted by molar-refractivity contribution is -0.140. The summed E-state index contributed by atoms with van der Waals surface area (Å²) in [5, 5.41) is 12.6. The van der Waals surface area contributed by atoms with Crippen molar-refractivity contribution in [3.63, 3.8) is 0 Å². The number of likely N-dealkylation sites (N-methyl/N-ethyl adjacent to an activating group) is 1. The van der Waals surface area contributed by atoms with E-state index in [1.54, 1.807) is 41.8 Å². The van der Waals surface area contributed by atoms with E-state index in [0.29, 0.717) is 49.9 Å². The van der Waals surface area contributed by atoms with Gasteiger partial charge in [0.1, 0.15) is 29.7 Å². The van der Waals surface area contributed by atoms with Crippen LogP contribution in [0.4, 0.5) is 10.1 Å². The first-order valence-corrected chi connectivity index (χ1v) is 16.7. The van der Waals surface area contributed by atoms with Gasteiger partial charge in [0.05, 0.1) is 5.69 Å². The van der Waals surface area contributed by atoms with Gasteiger partial charge in [0, 0.05) is 51.9 Å². The van der Waals surface area contributed by atoms with Crippen LogP contribution >= 0.6 is 0 Å². The molecule has 2 aliphatic rings.